The predicted molar refractivity (Wildman–Crippen MR) is 63.9 cm³/mol. The Bertz CT molecular complexity index is 400. The van der Waals surface area contributed by atoms with Gasteiger partial charge in [-0.05, 0) is 18.2 Å². The number of methoxy groups -OCH3 is 1. The lowest BCUT2D eigenvalue weighted by molar-refractivity contribution is 0.0609. The number of carbonyl (C=O) groups excluding carboxylic acids is 1. The number of thiol groups is 1. The molecule has 1 amide bonds. The fourth-order valence-electron chi connectivity index (χ4n) is 1.24. The van der Waals surface area contributed by atoms with Gasteiger partial charge in [-0.3, -0.25) is 4.79 Å². The number of nitrogens with one attached hydrogen (secondary N) is 1. The van der Waals surface area contributed by atoms with Crippen LogP contribution in [0.5, 0.6) is 0 Å². The number of aliphatic hydroxyl groups is 1. The minimum absolute atomic E-state index is 0.00289. The highest BCUT2D eigenvalue weighted by Gasteiger charge is 2.13. The second kappa shape index (κ2) is 6.58. The maximum absolute atomic E-state index is 13.3. The number of halogens is 1. The number of hydrogen-bond acceptors (Lipinski definition) is 4. The molecular formula is C11H14FNO3S. The van der Waals surface area contributed by atoms with Crippen LogP contribution < -0.4 is 5.32 Å². The summed E-state index contributed by atoms with van der Waals surface area (Å²) >= 11 is 4.02. The van der Waals surface area contributed by atoms with Crippen molar-refractivity contribution >= 4 is 18.5 Å². The van der Waals surface area contributed by atoms with Gasteiger partial charge in [-0.2, -0.15) is 0 Å². The first-order chi connectivity index (χ1) is 8.04. The predicted octanol–water partition coefficient (Wildman–Crippen LogP) is 0.851. The Morgan fingerprint density at radius 3 is 3.00 bits per heavy atom. The summed E-state index contributed by atoms with van der Waals surface area (Å²) < 4.78 is 18.0. The zero-order chi connectivity index (χ0) is 12.8. The molecule has 1 rings (SSSR count). The quantitative estimate of drug-likeness (QED) is 0.687. The number of hydrogen-bond donors (Lipinski definition) is 3. The van der Waals surface area contributed by atoms with Crippen LogP contribution in [0.2, 0.25) is 0 Å². The summed E-state index contributed by atoms with van der Waals surface area (Å²) in [5, 5.41) is 11.7. The number of benzene rings is 1. The molecule has 4 nitrogen and oxygen atoms in total. The lowest BCUT2D eigenvalue weighted by atomic mass is 10.2. The van der Waals surface area contributed by atoms with Crippen molar-refractivity contribution in [2.45, 2.75) is 11.0 Å². The van der Waals surface area contributed by atoms with Gasteiger partial charge in [-0.1, -0.05) is 0 Å². The molecular weight excluding hydrogens is 245 g/mol. The van der Waals surface area contributed by atoms with Gasteiger partial charge in [0, 0.05) is 18.6 Å². The van der Waals surface area contributed by atoms with Crippen molar-refractivity contribution < 1.29 is 19.0 Å². The molecule has 0 aliphatic heterocycles. The van der Waals surface area contributed by atoms with Crippen LogP contribution in [-0.4, -0.2) is 37.4 Å². The smallest absolute Gasteiger partial charge is 0.254 e. The number of ether oxygens (including phenoxy) is 1. The van der Waals surface area contributed by atoms with Crippen LogP contribution in [0, 0.1) is 5.82 Å². The van der Waals surface area contributed by atoms with Gasteiger partial charge < -0.3 is 15.2 Å². The van der Waals surface area contributed by atoms with Gasteiger partial charge in [0.2, 0.25) is 0 Å². The topological polar surface area (TPSA) is 58.6 Å². The fourth-order valence-corrected chi connectivity index (χ4v) is 1.45. The van der Waals surface area contributed by atoms with Crippen molar-refractivity contribution in [3.05, 3.63) is 29.6 Å². The maximum atomic E-state index is 13.3. The molecule has 1 aromatic rings. The van der Waals surface area contributed by atoms with Gasteiger partial charge in [0.25, 0.3) is 5.91 Å². The normalized spacial score (nSPS) is 12.2. The molecule has 94 valence electrons. The summed E-state index contributed by atoms with van der Waals surface area (Å²) in [7, 11) is 1.44. The molecule has 2 N–H and O–H groups in total. The van der Waals surface area contributed by atoms with Crippen molar-refractivity contribution in [1.82, 2.24) is 5.32 Å². The molecule has 1 unspecified atom stereocenters. The first-order valence-corrected chi connectivity index (χ1v) is 5.43. The molecule has 0 spiro atoms. The van der Waals surface area contributed by atoms with Crippen LogP contribution >= 0.6 is 12.6 Å². The monoisotopic (exact) mass is 259 g/mol. The van der Waals surface area contributed by atoms with Gasteiger partial charge in [0.15, 0.2) is 0 Å². The highest BCUT2D eigenvalue weighted by molar-refractivity contribution is 7.80. The summed E-state index contributed by atoms with van der Waals surface area (Å²) in [4.78, 5) is 12.1. The number of rotatable bonds is 5. The van der Waals surface area contributed by atoms with E-state index in [1.807, 2.05) is 0 Å². The van der Waals surface area contributed by atoms with E-state index in [-0.39, 0.29) is 18.7 Å². The molecule has 0 saturated carbocycles. The molecule has 1 atom stereocenters. The van der Waals surface area contributed by atoms with E-state index in [4.69, 9.17) is 4.74 Å². The van der Waals surface area contributed by atoms with E-state index in [1.54, 1.807) is 0 Å². The Labute approximate surface area is 104 Å². The summed E-state index contributed by atoms with van der Waals surface area (Å²) in [5.74, 6) is -1.21. The van der Waals surface area contributed by atoms with Crippen LogP contribution in [0.15, 0.2) is 23.1 Å². The Morgan fingerprint density at radius 1 is 1.65 bits per heavy atom. The number of aliphatic hydroxyl groups excluding tert-OH is 1. The van der Waals surface area contributed by atoms with Crippen LogP contribution in [0.1, 0.15) is 10.4 Å². The third-order valence-corrected chi connectivity index (χ3v) is 2.33. The molecule has 0 heterocycles. The van der Waals surface area contributed by atoms with E-state index in [1.165, 1.54) is 25.3 Å². The summed E-state index contributed by atoms with van der Waals surface area (Å²) in [6, 6.07) is 3.95. The average Bonchev–Trinajstić information content (AvgIpc) is 2.29. The van der Waals surface area contributed by atoms with Crippen LogP contribution in [0.3, 0.4) is 0 Å². The second-order valence-electron chi connectivity index (χ2n) is 3.48. The lowest BCUT2D eigenvalue weighted by Gasteiger charge is -2.11. The molecule has 1 aromatic carbocycles. The minimum atomic E-state index is -0.814. The third kappa shape index (κ3) is 4.33. The average molecular weight is 259 g/mol. The van der Waals surface area contributed by atoms with E-state index >= 15 is 0 Å². The molecule has 17 heavy (non-hydrogen) atoms. The van der Waals surface area contributed by atoms with Gasteiger partial charge >= 0.3 is 0 Å². The van der Waals surface area contributed by atoms with E-state index < -0.39 is 17.8 Å². The van der Waals surface area contributed by atoms with Crippen molar-refractivity contribution in [2.75, 3.05) is 20.3 Å². The van der Waals surface area contributed by atoms with Crippen LogP contribution in [0.25, 0.3) is 0 Å². The maximum Gasteiger partial charge on any atom is 0.254 e. The summed E-state index contributed by atoms with van der Waals surface area (Å²) in [6.45, 7) is 0.109. The highest BCUT2D eigenvalue weighted by Crippen LogP contribution is 2.13. The molecule has 0 saturated heterocycles. The van der Waals surface area contributed by atoms with Crippen molar-refractivity contribution in [1.29, 1.82) is 0 Å². The largest absolute Gasteiger partial charge is 0.389 e. The molecule has 0 radical (unpaired) electrons. The molecule has 0 aromatic heterocycles. The fraction of sp³-hybridized carbons (Fsp3) is 0.364. The number of amides is 1. The first kappa shape index (κ1) is 14.0. The van der Waals surface area contributed by atoms with Gasteiger partial charge in [-0.25, -0.2) is 4.39 Å². The lowest BCUT2D eigenvalue weighted by Crippen LogP contribution is -2.34. The van der Waals surface area contributed by atoms with Crippen LogP contribution in [0.4, 0.5) is 4.39 Å². The summed E-state index contributed by atoms with van der Waals surface area (Å²) in [5.41, 5.74) is -0.0953. The van der Waals surface area contributed by atoms with Gasteiger partial charge in [0.1, 0.15) is 5.82 Å². The second-order valence-corrected chi connectivity index (χ2v) is 4.00. The standard InChI is InChI=1S/C11H14FNO3S/c1-16-6-7(14)5-13-11(15)9-4-8(17)2-3-10(9)12/h2-4,7,14,17H,5-6H2,1H3,(H,13,15). The molecule has 0 aliphatic rings. The zero-order valence-electron chi connectivity index (χ0n) is 9.31. The molecule has 0 fully saturated rings. The van der Waals surface area contributed by atoms with Crippen molar-refractivity contribution in [3.8, 4) is 0 Å². The molecule has 0 aliphatic carbocycles. The SMILES string of the molecule is COCC(O)CNC(=O)c1cc(S)ccc1F. The molecule has 6 heteroatoms. The first-order valence-electron chi connectivity index (χ1n) is 4.98. The van der Waals surface area contributed by atoms with Crippen molar-refractivity contribution in [2.24, 2.45) is 0 Å². The minimum Gasteiger partial charge on any atom is -0.389 e. The van der Waals surface area contributed by atoms with Gasteiger partial charge in [-0.15, -0.1) is 12.6 Å². The van der Waals surface area contributed by atoms with Crippen LogP contribution in [-0.2, 0) is 4.74 Å². The van der Waals surface area contributed by atoms with Crippen molar-refractivity contribution in [3.63, 3.8) is 0 Å². The molecule has 0 bridgehead atoms. The Hall–Kier alpha value is -1.11. The van der Waals surface area contributed by atoms with Gasteiger partial charge in [0.05, 0.1) is 18.3 Å². The van der Waals surface area contributed by atoms with E-state index in [9.17, 15) is 14.3 Å². The van der Waals surface area contributed by atoms with E-state index in [0.29, 0.717) is 4.90 Å². The van der Waals surface area contributed by atoms with E-state index in [2.05, 4.69) is 17.9 Å². The Balaban J connectivity index is 2.61. The van der Waals surface area contributed by atoms with E-state index in [0.717, 1.165) is 0 Å². The number of carbonyl (C=O) groups is 1. The zero-order valence-corrected chi connectivity index (χ0v) is 10.2. The highest BCUT2D eigenvalue weighted by atomic mass is 32.1. The Kier molecular flexibility index (Phi) is 5.40. The summed E-state index contributed by atoms with van der Waals surface area (Å²) in [6.07, 6.45) is -0.814. The Morgan fingerprint density at radius 2 is 2.35 bits per heavy atom. The third-order valence-electron chi connectivity index (χ3n) is 2.05.